The predicted octanol–water partition coefficient (Wildman–Crippen LogP) is 4.26. The Bertz CT molecular complexity index is 377. The SMILES string of the molecule is CCNCCCOc1cc(C)c(Br)cc1C(C)C. The van der Waals surface area contributed by atoms with Crippen LogP contribution in [0.1, 0.15) is 44.2 Å². The molecule has 0 aliphatic heterocycles. The van der Waals surface area contributed by atoms with Crippen LogP contribution in [0.4, 0.5) is 0 Å². The number of rotatable bonds is 7. The number of benzene rings is 1. The summed E-state index contributed by atoms with van der Waals surface area (Å²) in [7, 11) is 0. The fourth-order valence-corrected chi connectivity index (χ4v) is 2.16. The molecule has 1 N–H and O–H groups in total. The summed E-state index contributed by atoms with van der Waals surface area (Å²) in [6.45, 7) is 11.4. The largest absolute Gasteiger partial charge is 0.493 e. The monoisotopic (exact) mass is 313 g/mol. The molecule has 1 aromatic rings. The van der Waals surface area contributed by atoms with E-state index in [0.717, 1.165) is 36.3 Å². The Morgan fingerprint density at radius 2 is 2.06 bits per heavy atom. The molecule has 0 fully saturated rings. The molecule has 2 nitrogen and oxygen atoms in total. The summed E-state index contributed by atoms with van der Waals surface area (Å²) < 4.78 is 7.08. The van der Waals surface area contributed by atoms with Crippen molar-refractivity contribution in [1.82, 2.24) is 5.32 Å². The average Bonchev–Trinajstić information content (AvgIpc) is 2.32. The van der Waals surface area contributed by atoms with Gasteiger partial charge < -0.3 is 10.1 Å². The first-order chi connectivity index (χ1) is 8.56. The van der Waals surface area contributed by atoms with Crippen LogP contribution < -0.4 is 10.1 Å². The van der Waals surface area contributed by atoms with E-state index in [1.165, 1.54) is 11.1 Å². The fraction of sp³-hybridized carbons (Fsp3) is 0.600. The smallest absolute Gasteiger partial charge is 0.123 e. The molecule has 0 spiro atoms. The van der Waals surface area contributed by atoms with E-state index in [1.807, 2.05) is 0 Å². The molecule has 0 atom stereocenters. The van der Waals surface area contributed by atoms with Gasteiger partial charge in [-0.15, -0.1) is 0 Å². The van der Waals surface area contributed by atoms with Gasteiger partial charge in [-0.2, -0.15) is 0 Å². The first-order valence-corrected chi connectivity index (χ1v) is 7.49. The zero-order valence-corrected chi connectivity index (χ0v) is 13.4. The minimum Gasteiger partial charge on any atom is -0.493 e. The van der Waals surface area contributed by atoms with Gasteiger partial charge in [-0.3, -0.25) is 0 Å². The highest BCUT2D eigenvalue weighted by Crippen LogP contribution is 2.32. The Labute approximate surface area is 119 Å². The van der Waals surface area contributed by atoms with Gasteiger partial charge in [0.15, 0.2) is 0 Å². The molecule has 1 rings (SSSR count). The van der Waals surface area contributed by atoms with Gasteiger partial charge in [-0.25, -0.2) is 0 Å². The van der Waals surface area contributed by atoms with Gasteiger partial charge in [-0.1, -0.05) is 36.7 Å². The molecule has 0 aliphatic rings. The molecule has 0 amide bonds. The van der Waals surface area contributed by atoms with E-state index in [2.05, 4.69) is 61.1 Å². The van der Waals surface area contributed by atoms with Crippen molar-refractivity contribution in [1.29, 1.82) is 0 Å². The molecule has 0 saturated heterocycles. The molecule has 102 valence electrons. The molecular formula is C15H24BrNO. The molecule has 1 aromatic carbocycles. The second-order valence-electron chi connectivity index (χ2n) is 4.85. The van der Waals surface area contributed by atoms with Gasteiger partial charge in [0, 0.05) is 4.47 Å². The summed E-state index contributed by atoms with van der Waals surface area (Å²) in [5.41, 5.74) is 2.50. The lowest BCUT2D eigenvalue weighted by molar-refractivity contribution is 0.304. The molecule has 0 aromatic heterocycles. The first-order valence-electron chi connectivity index (χ1n) is 6.69. The Morgan fingerprint density at radius 3 is 2.67 bits per heavy atom. The van der Waals surface area contributed by atoms with E-state index in [9.17, 15) is 0 Å². The third-order valence-electron chi connectivity index (χ3n) is 2.92. The third kappa shape index (κ3) is 4.62. The number of hydrogen-bond donors (Lipinski definition) is 1. The molecule has 0 heterocycles. The molecule has 3 heteroatoms. The average molecular weight is 314 g/mol. The molecule has 18 heavy (non-hydrogen) atoms. The van der Waals surface area contributed by atoms with Crippen molar-refractivity contribution < 1.29 is 4.74 Å². The van der Waals surface area contributed by atoms with Crippen molar-refractivity contribution in [3.8, 4) is 5.75 Å². The van der Waals surface area contributed by atoms with Gasteiger partial charge in [-0.05, 0) is 55.6 Å². The maximum Gasteiger partial charge on any atom is 0.123 e. The minimum atomic E-state index is 0.477. The van der Waals surface area contributed by atoms with Crippen LogP contribution in [0.15, 0.2) is 16.6 Å². The zero-order valence-electron chi connectivity index (χ0n) is 11.8. The van der Waals surface area contributed by atoms with Crippen molar-refractivity contribution in [2.24, 2.45) is 0 Å². The van der Waals surface area contributed by atoms with Crippen molar-refractivity contribution in [2.45, 2.75) is 40.0 Å². The second-order valence-corrected chi connectivity index (χ2v) is 5.70. The Morgan fingerprint density at radius 1 is 1.33 bits per heavy atom. The summed E-state index contributed by atoms with van der Waals surface area (Å²) in [4.78, 5) is 0. The number of aryl methyl sites for hydroxylation is 1. The van der Waals surface area contributed by atoms with Gasteiger partial charge in [0.25, 0.3) is 0 Å². The highest BCUT2D eigenvalue weighted by molar-refractivity contribution is 9.10. The summed E-state index contributed by atoms with van der Waals surface area (Å²) in [6.07, 6.45) is 1.04. The summed E-state index contributed by atoms with van der Waals surface area (Å²) in [5, 5.41) is 3.30. The van der Waals surface area contributed by atoms with Gasteiger partial charge in [0.2, 0.25) is 0 Å². The summed E-state index contributed by atoms with van der Waals surface area (Å²) >= 11 is 3.59. The number of hydrogen-bond acceptors (Lipinski definition) is 2. The second kappa shape index (κ2) is 7.80. The number of ether oxygens (including phenoxy) is 1. The number of nitrogens with one attached hydrogen (secondary N) is 1. The van der Waals surface area contributed by atoms with Crippen LogP contribution in [0.5, 0.6) is 5.75 Å². The third-order valence-corrected chi connectivity index (χ3v) is 3.77. The number of halogens is 1. The van der Waals surface area contributed by atoms with Crippen LogP contribution in [0.3, 0.4) is 0 Å². The van der Waals surface area contributed by atoms with E-state index in [4.69, 9.17) is 4.74 Å². The lowest BCUT2D eigenvalue weighted by atomic mass is 10.0. The van der Waals surface area contributed by atoms with E-state index < -0.39 is 0 Å². The first kappa shape index (κ1) is 15.5. The van der Waals surface area contributed by atoms with Crippen LogP contribution in [0, 0.1) is 6.92 Å². The molecule has 0 aliphatic carbocycles. The van der Waals surface area contributed by atoms with Crippen molar-refractivity contribution in [3.05, 3.63) is 27.7 Å². The van der Waals surface area contributed by atoms with Crippen molar-refractivity contribution in [2.75, 3.05) is 19.7 Å². The van der Waals surface area contributed by atoms with Gasteiger partial charge >= 0.3 is 0 Å². The summed E-state index contributed by atoms with van der Waals surface area (Å²) in [6, 6.07) is 4.31. The highest BCUT2D eigenvalue weighted by atomic mass is 79.9. The Hall–Kier alpha value is -0.540. The molecule has 0 bridgehead atoms. The van der Waals surface area contributed by atoms with E-state index in [-0.39, 0.29) is 0 Å². The van der Waals surface area contributed by atoms with Crippen molar-refractivity contribution >= 4 is 15.9 Å². The highest BCUT2D eigenvalue weighted by Gasteiger charge is 2.10. The molecule has 0 radical (unpaired) electrons. The quantitative estimate of drug-likeness (QED) is 0.759. The lowest BCUT2D eigenvalue weighted by Gasteiger charge is -2.16. The van der Waals surface area contributed by atoms with Crippen molar-refractivity contribution in [3.63, 3.8) is 0 Å². The zero-order chi connectivity index (χ0) is 13.5. The predicted molar refractivity (Wildman–Crippen MR) is 81.6 cm³/mol. The van der Waals surface area contributed by atoms with E-state index in [0.29, 0.717) is 5.92 Å². The fourth-order valence-electron chi connectivity index (χ4n) is 1.80. The normalized spacial score (nSPS) is 11.0. The van der Waals surface area contributed by atoms with Crippen LogP contribution in [-0.4, -0.2) is 19.7 Å². The molecular weight excluding hydrogens is 290 g/mol. The van der Waals surface area contributed by atoms with E-state index in [1.54, 1.807) is 0 Å². The van der Waals surface area contributed by atoms with Crippen LogP contribution >= 0.6 is 15.9 Å². The lowest BCUT2D eigenvalue weighted by Crippen LogP contribution is -2.16. The standard InChI is InChI=1S/C15H24BrNO/c1-5-17-7-6-8-18-15-9-12(4)14(16)10-13(15)11(2)3/h9-11,17H,5-8H2,1-4H3. The van der Waals surface area contributed by atoms with Crippen LogP contribution in [0.25, 0.3) is 0 Å². The van der Waals surface area contributed by atoms with Gasteiger partial charge in [0.05, 0.1) is 6.61 Å². The summed E-state index contributed by atoms with van der Waals surface area (Å²) in [5.74, 6) is 1.51. The topological polar surface area (TPSA) is 21.3 Å². The van der Waals surface area contributed by atoms with Gasteiger partial charge in [0.1, 0.15) is 5.75 Å². The molecule has 0 saturated carbocycles. The Balaban J connectivity index is 2.65. The molecule has 0 unspecified atom stereocenters. The maximum absolute atomic E-state index is 5.92. The maximum atomic E-state index is 5.92. The minimum absolute atomic E-state index is 0.477. The van der Waals surface area contributed by atoms with E-state index >= 15 is 0 Å². The van der Waals surface area contributed by atoms with Crippen LogP contribution in [-0.2, 0) is 0 Å². The Kier molecular flexibility index (Phi) is 6.72. The van der Waals surface area contributed by atoms with Crippen LogP contribution in [0.2, 0.25) is 0 Å².